The van der Waals surface area contributed by atoms with Gasteiger partial charge in [0.05, 0.1) is 0 Å². The molecule has 102 valence electrons. The first-order chi connectivity index (χ1) is 9.52. The van der Waals surface area contributed by atoms with Gasteiger partial charge in [0.1, 0.15) is 0 Å². The van der Waals surface area contributed by atoms with Crippen molar-refractivity contribution in [3.8, 4) is 5.69 Å². The third-order valence-electron chi connectivity index (χ3n) is 3.23. The van der Waals surface area contributed by atoms with E-state index in [9.17, 15) is 9.59 Å². The Morgan fingerprint density at radius 3 is 2.35 bits per heavy atom. The Morgan fingerprint density at radius 1 is 1.05 bits per heavy atom. The lowest BCUT2D eigenvalue weighted by Crippen LogP contribution is -2.37. The number of para-hydroxylation sites is 1. The largest absolute Gasteiger partial charge is 0.332 e. The monoisotopic (exact) mass is 290 g/mol. The molecular weight excluding hydrogens is 280 g/mol. The minimum Gasteiger partial charge on any atom is -0.279 e. The van der Waals surface area contributed by atoms with E-state index in [-0.39, 0.29) is 16.4 Å². The molecule has 2 heterocycles. The van der Waals surface area contributed by atoms with Crippen LogP contribution in [0.1, 0.15) is 0 Å². The second kappa shape index (κ2) is 4.35. The molecule has 0 fully saturated rings. The highest BCUT2D eigenvalue weighted by Gasteiger charge is 2.18. The molecule has 7 heteroatoms. The summed E-state index contributed by atoms with van der Waals surface area (Å²) in [6.45, 7) is 0. The van der Waals surface area contributed by atoms with Crippen LogP contribution in [0.3, 0.4) is 0 Å². The highest BCUT2D eigenvalue weighted by atomic mass is 35.5. The Morgan fingerprint density at radius 2 is 1.70 bits per heavy atom. The molecule has 0 radical (unpaired) electrons. The van der Waals surface area contributed by atoms with E-state index in [0.717, 1.165) is 10.3 Å². The molecule has 2 aromatic heterocycles. The van der Waals surface area contributed by atoms with Crippen LogP contribution >= 0.6 is 11.6 Å². The quantitative estimate of drug-likeness (QED) is 0.630. The second-order valence-corrected chi connectivity index (χ2v) is 4.77. The summed E-state index contributed by atoms with van der Waals surface area (Å²) in [6, 6.07) is 9.17. The van der Waals surface area contributed by atoms with Crippen LogP contribution in [0, 0.1) is 0 Å². The molecular formula is C13H11ClN4O2. The standard InChI is InChI=1S/C13H11ClN4O2/c1-16-10-9(11(19)17(2)13(16)20)18(12(14)15-10)8-6-4-3-5-7-8/h3-7H,1-2H3. The van der Waals surface area contributed by atoms with Gasteiger partial charge in [0.2, 0.25) is 5.28 Å². The van der Waals surface area contributed by atoms with Crippen LogP contribution < -0.4 is 11.2 Å². The first-order valence-electron chi connectivity index (χ1n) is 5.91. The topological polar surface area (TPSA) is 61.8 Å². The predicted molar refractivity (Wildman–Crippen MR) is 76.6 cm³/mol. The van der Waals surface area contributed by atoms with Crippen LogP contribution in [0.2, 0.25) is 5.28 Å². The maximum absolute atomic E-state index is 12.3. The van der Waals surface area contributed by atoms with Gasteiger partial charge in [-0.3, -0.25) is 18.5 Å². The number of nitrogens with zero attached hydrogens (tertiary/aromatic N) is 4. The van der Waals surface area contributed by atoms with E-state index in [1.807, 2.05) is 30.3 Å². The third-order valence-corrected chi connectivity index (χ3v) is 3.48. The smallest absolute Gasteiger partial charge is 0.279 e. The lowest BCUT2D eigenvalue weighted by molar-refractivity contribution is 0.707. The molecule has 0 saturated carbocycles. The van der Waals surface area contributed by atoms with Gasteiger partial charge in [0, 0.05) is 19.8 Å². The van der Waals surface area contributed by atoms with E-state index in [1.54, 1.807) is 11.6 Å². The zero-order chi connectivity index (χ0) is 14.4. The van der Waals surface area contributed by atoms with Crippen LogP contribution in [0.5, 0.6) is 0 Å². The van der Waals surface area contributed by atoms with E-state index >= 15 is 0 Å². The number of fused-ring (bicyclic) bond motifs is 1. The SMILES string of the molecule is Cn1c(=O)c2c(nc(Cl)n2-c2ccccc2)n(C)c1=O. The molecule has 0 aliphatic heterocycles. The summed E-state index contributed by atoms with van der Waals surface area (Å²) < 4.78 is 3.89. The van der Waals surface area contributed by atoms with Crippen molar-refractivity contribution in [1.29, 1.82) is 0 Å². The van der Waals surface area contributed by atoms with Gasteiger partial charge >= 0.3 is 5.69 Å². The van der Waals surface area contributed by atoms with E-state index < -0.39 is 11.2 Å². The van der Waals surface area contributed by atoms with Crippen molar-refractivity contribution in [2.24, 2.45) is 14.1 Å². The number of aryl methyl sites for hydroxylation is 1. The van der Waals surface area contributed by atoms with Crippen molar-refractivity contribution in [3.63, 3.8) is 0 Å². The summed E-state index contributed by atoms with van der Waals surface area (Å²) in [5, 5.41) is 0.143. The maximum atomic E-state index is 12.3. The number of rotatable bonds is 1. The predicted octanol–water partition coefficient (Wildman–Crippen LogP) is 1.08. The number of aromatic nitrogens is 4. The maximum Gasteiger partial charge on any atom is 0.332 e. The molecule has 0 unspecified atom stereocenters. The first kappa shape index (κ1) is 12.7. The molecule has 20 heavy (non-hydrogen) atoms. The summed E-state index contributed by atoms with van der Waals surface area (Å²) in [7, 11) is 2.99. The van der Waals surface area contributed by atoms with Crippen molar-refractivity contribution in [2.75, 3.05) is 0 Å². The van der Waals surface area contributed by atoms with Crippen molar-refractivity contribution in [3.05, 3.63) is 56.5 Å². The number of hydrogen-bond acceptors (Lipinski definition) is 3. The third kappa shape index (κ3) is 1.61. The van der Waals surface area contributed by atoms with Crippen molar-refractivity contribution >= 4 is 22.8 Å². The zero-order valence-corrected chi connectivity index (χ0v) is 11.6. The molecule has 6 nitrogen and oxygen atoms in total. The highest BCUT2D eigenvalue weighted by molar-refractivity contribution is 6.29. The average molecular weight is 291 g/mol. The minimum absolute atomic E-state index is 0.143. The van der Waals surface area contributed by atoms with Crippen molar-refractivity contribution < 1.29 is 0 Å². The van der Waals surface area contributed by atoms with Crippen LogP contribution in [0.15, 0.2) is 39.9 Å². The Balaban J connectivity index is 2.56. The summed E-state index contributed by atoms with van der Waals surface area (Å²) in [5.41, 5.74) is 0.414. The average Bonchev–Trinajstić information content (AvgIpc) is 2.81. The van der Waals surface area contributed by atoms with Gasteiger partial charge in [-0.2, -0.15) is 4.98 Å². The molecule has 0 aliphatic rings. The summed E-state index contributed by atoms with van der Waals surface area (Å²) >= 11 is 6.14. The van der Waals surface area contributed by atoms with Gasteiger partial charge in [0.25, 0.3) is 5.56 Å². The molecule has 1 aromatic carbocycles. The number of benzene rings is 1. The van der Waals surface area contributed by atoms with Crippen LogP contribution in [-0.2, 0) is 14.1 Å². The molecule has 0 amide bonds. The van der Waals surface area contributed by atoms with E-state index in [0.29, 0.717) is 0 Å². The molecule has 3 aromatic rings. The van der Waals surface area contributed by atoms with Gasteiger partial charge < -0.3 is 0 Å². The number of halogens is 1. The van der Waals surface area contributed by atoms with Gasteiger partial charge in [0.15, 0.2) is 11.2 Å². The summed E-state index contributed by atoms with van der Waals surface area (Å²) in [5.74, 6) is 0. The van der Waals surface area contributed by atoms with E-state index in [1.165, 1.54) is 11.6 Å². The Hall–Kier alpha value is -2.34. The molecule has 0 atom stereocenters. The molecule has 0 aliphatic carbocycles. The van der Waals surface area contributed by atoms with Crippen LogP contribution in [0.25, 0.3) is 16.9 Å². The van der Waals surface area contributed by atoms with Gasteiger partial charge in [-0.05, 0) is 23.7 Å². The van der Waals surface area contributed by atoms with Crippen molar-refractivity contribution in [1.82, 2.24) is 18.7 Å². The fourth-order valence-electron chi connectivity index (χ4n) is 2.18. The minimum atomic E-state index is -0.433. The lowest BCUT2D eigenvalue weighted by atomic mass is 10.3. The Bertz CT molecular complexity index is 921. The first-order valence-corrected chi connectivity index (χ1v) is 6.29. The second-order valence-electron chi connectivity index (χ2n) is 4.43. The lowest BCUT2D eigenvalue weighted by Gasteiger charge is -2.06. The summed E-state index contributed by atoms with van der Waals surface area (Å²) in [6.07, 6.45) is 0. The zero-order valence-electron chi connectivity index (χ0n) is 10.9. The van der Waals surface area contributed by atoms with Crippen LogP contribution in [-0.4, -0.2) is 18.7 Å². The molecule has 0 bridgehead atoms. The molecule has 0 spiro atoms. The van der Waals surface area contributed by atoms with Gasteiger partial charge in [-0.15, -0.1) is 0 Å². The normalized spacial score (nSPS) is 11.2. The molecule has 3 rings (SSSR count). The fourth-order valence-corrected chi connectivity index (χ4v) is 2.44. The molecule has 0 saturated heterocycles. The van der Waals surface area contributed by atoms with E-state index in [4.69, 9.17) is 11.6 Å². The van der Waals surface area contributed by atoms with Gasteiger partial charge in [-0.25, -0.2) is 4.79 Å². The van der Waals surface area contributed by atoms with Crippen molar-refractivity contribution in [2.45, 2.75) is 0 Å². The Labute approximate surface area is 118 Å². The fraction of sp³-hybridized carbons (Fsp3) is 0.154. The van der Waals surface area contributed by atoms with Crippen LogP contribution in [0.4, 0.5) is 0 Å². The Kier molecular flexibility index (Phi) is 2.76. The number of hydrogen-bond donors (Lipinski definition) is 0. The molecule has 0 N–H and O–H groups in total. The highest BCUT2D eigenvalue weighted by Crippen LogP contribution is 2.21. The summed E-state index contributed by atoms with van der Waals surface area (Å²) in [4.78, 5) is 28.4. The van der Waals surface area contributed by atoms with Gasteiger partial charge in [-0.1, -0.05) is 18.2 Å². The number of imidazole rings is 1. The van der Waals surface area contributed by atoms with E-state index in [2.05, 4.69) is 4.98 Å².